The molecule has 0 saturated carbocycles. The summed E-state index contributed by atoms with van der Waals surface area (Å²) in [7, 11) is 0. The van der Waals surface area contributed by atoms with Crippen LogP contribution in [0.15, 0.2) is 0 Å². The standard InChI is InChI=1S/C13H28N2/c1-12(2)7-4-5-9-14-11-13(3)8-6-10-15-13/h12,14-15H,4-11H2,1-3H3. The molecule has 0 radical (unpaired) electrons. The van der Waals surface area contributed by atoms with Crippen molar-refractivity contribution in [2.75, 3.05) is 19.6 Å². The maximum absolute atomic E-state index is 3.58. The van der Waals surface area contributed by atoms with Crippen LogP contribution >= 0.6 is 0 Å². The molecule has 2 N–H and O–H groups in total. The molecular formula is C13H28N2. The molecule has 0 bridgehead atoms. The van der Waals surface area contributed by atoms with Crippen LogP contribution in [0.4, 0.5) is 0 Å². The fourth-order valence-electron chi connectivity index (χ4n) is 2.27. The zero-order valence-electron chi connectivity index (χ0n) is 10.7. The van der Waals surface area contributed by atoms with Crippen LogP contribution in [-0.2, 0) is 0 Å². The third-order valence-corrected chi connectivity index (χ3v) is 3.36. The summed E-state index contributed by atoms with van der Waals surface area (Å²) in [6, 6.07) is 0. The Hall–Kier alpha value is -0.0800. The molecule has 15 heavy (non-hydrogen) atoms. The van der Waals surface area contributed by atoms with Crippen molar-refractivity contribution >= 4 is 0 Å². The van der Waals surface area contributed by atoms with Crippen LogP contribution in [-0.4, -0.2) is 25.2 Å². The molecule has 1 atom stereocenters. The molecule has 1 unspecified atom stereocenters. The average molecular weight is 212 g/mol. The van der Waals surface area contributed by atoms with E-state index in [9.17, 15) is 0 Å². The minimum Gasteiger partial charge on any atom is -0.315 e. The lowest BCUT2D eigenvalue weighted by Crippen LogP contribution is -2.45. The van der Waals surface area contributed by atoms with E-state index < -0.39 is 0 Å². The van der Waals surface area contributed by atoms with Crippen LogP contribution in [0.5, 0.6) is 0 Å². The van der Waals surface area contributed by atoms with Crippen LogP contribution in [0.3, 0.4) is 0 Å². The predicted molar refractivity (Wildman–Crippen MR) is 67.2 cm³/mol. The van der Waals surface area contributed by atoms with Gasteiger partial charge in [-0.2, -0.15) is 0 Å². The van der Waals surface area contributed by atoms with Gasteiger partial charge < -0.3 is 10.6 Å². The second-order valence-electron chi connectivity index (χ2n) is 5.66. The third kappa shape index (κ3) is 5.53. The normalized spacial score (nSPS) is 26.4. The van der Waals surface area contributed by atoms with Gasteiger partial charge in [0, 0.05) is 12.1 Å². The second kappa shape index (κ2) is 6.49. The largest absolute Gasteiger partial charge is 0.315 e. The molecule has 1 saturated heterocycles. The molecule has 0 aromatic rings. The number of rotatable bonds is 7. The van der Waals surface area contributed by atoms with Crippen molar-refractivity contribution in [3.05, 3.63) is 0 Å². The second-order valence-corrected chi connectivity index (χ2v) is 5.66. The maximum Gasteiger partial charge on any atom is 0.0278 e. The first kappa shape index (κ1) is 13.0. The van der Waals surface area contributed by atoms with E-state index >= 15 is 0 Å². The molecule has 0 aromatic carbocycles. The minimum absolute atomic E-state index is 0.373. The molecule has 0 spiro atoms. The van der Waals surface area contributed by atoms with Gasteiger partial charge in [-0.05, 0) is 45.2 Å². The number of hydrogen-bond donors (Lipinski definition) is 2. The highest BCUT2D eigenvalue weighted by molar-refractivity contribution is 4.90. The molecule has 1 fully saturated rings. The molecule has 1 heterocycles. The quantitative estimate of drug-likeness (QED) is 0.634. The van der Waals surface area contributed by atoms with E-state index in [2.05, 4.69) is 31.4 Å². The van der Waals surface area contributed by atoms with E-state index in [1.165, 1.54) is 45.2 Å². The molecule has 0 amide bonds. The van der Waals surface area contributed by atoms with Gasteiger partial charge in [0.15, 0.2) is 0 Å². The molecular weight excluding hydrogens is 184 g/mol. The van der Waals surface area contributed by atoms with Crippen molar-refractivity contribution in [1.82, 2.24) is 10.6 Å². The Morgan fingerprint density at radius 2 is 2.13 bits per heavy atom. The fourth-order valence-corrected chi connectivity index (χ4v) is 2.27. The molecule has 0 aromatic heterocycles. The van der Waals surface area contributed by atoms with Crippen molar-refractivity contribution < 1.29 is 0 Å². The molecule has 1 aliphatic heterocycles. The van der Waals surface area contributed by atoms with Gasteiger partial charge in [0.1, 0.15) is 0 Å². The SMILES string of the molecule is CC(C)CCCCNCC1(C)CCCN1. The van der Waals surface area contributed by atoms with Crippen molar-refractivity contribution in [2.45, 2.75) is 58.4 Å². The first-order chi connectivity index (χ1) is 7.12. The lowest BCUT2D eigenvalue weighted by atomic mass is 10.0. The molecule has 0 aliphatic carbocycles. The molecule has 1 aliphatic rings. The van der Waals surface area contributed by atoms with Gasteiger partial charge in [-0.1, -0.05) is 26.7 Å². The first-order valence-electron chi connectivity index (χ1n) is 6.58. The van der Waals surface area contributed by atoms with Gasteiger partial charge in [-0.3, -0.25) is 0 Å². The topological polar surface area (TPSA) is 24.1 Å². The lowest BCUT2D eigenvalue weighted by molar-refractivity contribution is 0.381. The summed E-state index contributed by atoms with van der Waals surface area (Å²) in [6.07, 6.45) is 6.73. The van der Waals surface area contributed by atoms with Gasteiger partial charge >= 0.3 is 0 Å². The zero-order valence-corrected chi connectivity index (χ0v) is 10.7. The Kier molecular flexibility index (Phi) is 5.62. The van der Waals surface area contributed by atoms with Gasteiger partial charge in [0.05, 0.1) is 0 Å². The first-order valence-corrected chi connectivity index (χ1v) is 6.58. The molecule has 2 nitrogen and oxygen atoms in total. The Balaban J connectivity index is 1.92. The van der Waals surface area contributed by atoms with Crippen LogP contribution in [0.2, 0.25) is 0 Å². The summed E-state index contributed by atoms with van der Waals surface area (Å²) in [5.74, 6) is 0.860. The van der Waals surface area contributed by atoms with Crippen LogP contribution in [0.25, 0.3) is 0 Å². The summed E-state index contributed by atoms with van der Waals surface area (Å²) in [4.78, 5) is 0. The summed E-state index contributed by atoms with van der Waals surface area (Å²) in [5.41, 5.74) is 0.373. The number of nitrogens with one attached hydrogen (secondary N) is 2. The Labute approximate surface area is 95.2 Å². The average Bonchev–Trinajstić information content (AvgIpc) is 2.58. The van der Waals surface area contributed by atoms with E-state index in [4.69, 9.17) is 0 Å². The highest BCUT2D eigenvalue weighted by Gasteiger charge is 2.26. The molecule has 1 rings (SSSR count). The van der Waals surface area contributed by atoms with E-state index in [0.29, 0.717) is 5.54 Å². The Morgan fingerprint density at radius 1 is 1.33 bits per heavy atom. The van der Waals surface area contributed by atoms with Gasteiger partial charge in [0.25, 0.3) is 0 Å². The monoisotopic (exact) mass is 212 g/mol. The van der Waals surface area contributed by atoms with E-state index in [1.807, 2.05) is 0 Å². The van der Waals surface area contributed by atoms with Crippen LogP contribution in [0.1, 0.15) is 52.9 Å². The zero-order chi connectivity index (χ0) is 11.1. The summed E-state index contributed by atoms with van der Waals surface area (Å²) in [5, 5.41) is 7.16. The molecule has 2 heteroatoms. The summed E-state index contributed by atoms with van der Waals surface area (Å²) >= 11 is 0. The van der Waals surface area contributed by atoms with Crippen molar-refractivity contribution in [3.63, 3.8) is 0 Å². The van der Waals surface area contributed by atoms with E-state index in [0.717, 1.165) is 12.5 Å². The maximum atomic E-state index is 3.58. The van der Waals surface area contributed by atoms with Crippen LogP contribution < -0.4 is 10.6 Å². The van der Waals surface area contributed by atoms with Gasteiger partial charge in [0.2, 0.25) is 0 Å². The van der Waals surface area contributed by atoms with Crippen molar-refractivity contribution in [3.8, 4) is 0 Å². The number of unbranched alkanes of at least 4 members (excludes halogenated alkanes) is 1. The summed E-state index contributed by atoms with van der Waals surface area (Å²) < 4.78 is 0. The summed E-state index contributed by atoms with van der Waals surface area (Å²) in [6.45, 7) is 10.5. The highest BCUT2D eigenvalue weighted by Crippen LogP contribution is 2.17. The minimum atomic E-state index is 0.373. The highest BCUT2D eigenvalue weighted by atomic mass is 15.0. The number of hydrogen-bond acceptors (Lipinski definition) is 2. The Morgan fingerprint density at radius 3 is 2.73 bits per heavy atom. The van der Waals surface area contributed by atoms with E-state index in [-0.39, 0.29) is 0 Å². The van der Waals surface area contributed by atoms with Gasteiger partial charge in [-0.15, -0.1) is 0 Å². The van der Waals surface area contributed by atoms with Gasteiger partial charge in [-0.25, -0.2) is 0 Å². The van der Waals surface area contributed by atoms with Crippen molar-refractivity contribution in [1.29, 1.82) is 0 Å². The smallest absolute Gasteiger partial charge is 0.0278 e. The fraction of sp³-hybridized carbons (Fsp3) is 1.00. The third-order valence-electron chi connectivity index (χ3n) is 3.36. The Bertz CT molecular complexity index is 160. The van der Waals surface area contributed by atoms with Crippen molar-refractivity contribution in [2.24, 2.45) is 5.92 Å². The van der Waals surface area contributed by atoms with E-state index in [1.54, 1.807) is 0 Å². The van der Waals surface area contributed by atoms with Crippen LogP contribution in [0, 0.1) is 5.92 Å². The predicted octanol–water partition coefficient (Wildman–Crippen LogP) is 2.54. The lowest BCUT2D eigenvalue weighted by Gasteiger charge is -2.24. The molecule has 90 valence electrons.